The predicted molar refractivity (Wildman–Crippen MR) is 68.0 cm³/mol. The van der Waals surface area contributed by atoms with Crippen molar-refractivity contribution in [1.82, 2.24) is 4.90 Å². The minimum atomic E-state index is -0.564. The normalized spacial score (nSPS) is 35.7. The third-order valence-electron chi connectivity index (χ3n) is 4.82. The quantitative estimate of drug-likeness (QED) is 0.823. The van der Waals surface area contributed by atoms with Crippen LogP contribution in [0.1, 0.15) is 58.3 Å². The van der Waals surface area contributed by atoms with Crippen LogP contribution in [0.15, 0.2) is 0 Å². The van der Waals surface area contributed by atoms with E-state index in [2.05, 4.69) is 11.8 Å². The van der Waals surface area contributed by atoms with E-state index in [1.54, 1.807) is 0 Å². The maximum atomic E-state index is 11.9. The van der Waals surface area contributed by atoms with Crippen LogP contribution >= 0.6 is 0 Å². The number of carbonyl (C=O) groups is 1. The highest BCUT2D eigenvalue weighted by Crippen LogP contribution is 2.41. The first-order valence-electron chi connectivity index (χ1n) is 7.20. The van der Waals surface area contributed by atoms with Crippen molar-refractivity contribution < 1.29 is 9.90 Å². The largest absolute Gasteiger partial charge is 0.480 e. The van der Waals surface area contributed by atoms with Crippen LogP contribution in [0.25, 0.3) is 0 Å². The third-order valence-corrected chi connectivity index (χ3v) is 4.82. The molecule has 17 heavy (non-hydrogen) atoms. The molecule has 2 atom stereocenters. The molecule has 0 aromatic rings. The smallest absolute Gasteiger partial charge is 0.324 e. The molecule has 3 heteroatoms. The number of hydrogen-bond acceptors (Lipinski definition) is 2. The van der Waals surface area contributed by atoms with Crippen molar-refractivity contribution in [3.8, 4) is 0 Å². The van der Waals surface area contributed by atoms with E-state index in [4.69, 9.17) is 0 Å². The van der Waals surface area contributed by atoms with Gasteiger partial charge in [0.2, 0.25) is 0 Å². The van der Waals surface area contributed by atoms with Crippen molar-refractivity contribution >= 4 is 5.97 Å². The van der Waals surface area contributed by atoms with Crippen LogP contribution in [0, 0.1) is 5.92 Å². The van der Waals surface area contributed by atoms with Gasteiger partial charge in [-0.15, -0.1) is 0 Å². The molecule has 0 amide bonds. The SMILES string of the molecule is CCC1CCCCC1(C(=O)O)N1CCCCC1. The molecule has 1 heterocycles. The van der Waals surface area contributed by atoms with Gasteiger partial charge in [-0.05, 0) is 44.7 Å². The number of aliphatic carboxylic acids is 1. The molecule has 2 unspecified atom stereocenters. The van der Waals surface area contributed by atoms with Gasteiger partial charge in [0.1, 0.15) is 5.54 Å². The Morgan fingerprint density at radius 1 is 1.24 bits per heavy atom. The van der Waals surface area contributed by atoms with E-state index in [9.17, 15) is 9.90 Å². The molecule has 0 aromatic carbocycles. The summed E-state index contributed by atoms with van der Waals surface area (Å²) in [7, 11) is 0. The van der Waals surface area contributed by atoms with Gasteiger partial charge in [0.05, 0.1) is 0 Å². The lowest BCUT2D eigenvalue weighted by atomic mass is 9.69. The molecule has 1 aliphatic carbocycles. The van der Waals surface area contributed by atoms with Gasteiger partial charge >= 0.3 is 5.97 Å². The van der Waals surface area contributed by atoms with Crippen LogP contribution in [0.2, 0.25) is 0 Å². The number of likely N-dealkylation sites (tertiary alicyclic amines) is 1. The van der Waals surface area contributed by atoms with Crippen LogP contribution in [0.3, 0.4) is 0 Å². The Morgan fingerprint density at radius 2 is 1.94 bits per heavy atom. The molecule has 0 aromatic heterocycles. The lowest BCUT2D eigenvalue weighted by Crippen LogP contribution is -2.61. The number of hydrogen-bond donors (Lipinski definition) is 1. The highest BCUT2D eigenvalue weighted by atomic mass is 16.4. The first kappa shape index (κ1) is 12.9. The predicted octanol–water partition coefficient (Wildman–Crippen LogP) is 2.90. The number of nitrogens with zero attached hydrogens (tertiary/aromatic N) is 1. The van der Waals surface area contributed by atoms with Gasteiger partial charge in [-0.2, -0.15) is 0 Å². The van der Waals surface area contributed by atoms with Crippen LogP contribution in [0.5, 0.6) is 0 Å². The van der Waals surface area contributed by atoms with Crippen LogP contribution in [0.4, 0.5) is 0 Å². The topological polar surface area (TPSA) is 40.5 Å². The first-order chi connectivity index (χ1) is 8.21. The van der Waals surface area contributed by atoms with Gasteiger partial charge in [-0.25, -0.2) is 0 Å². The minimum Gasteiger partial charge on any atom is -0.480 e. The van der Waals surface area contributed by atoms with E-state index in [0.717, 1.165) is 38.8 Å². The Hall–Kier alpha value is -0.570. The fourth-order valence-electron chi connectivity index (χ4n) is 3.90. The summed E-state index contributed by atoms with van der Waals surface area (Å²) >= 11 is 0. The molecule has 0 radical (unpaired) electrons. The first-order valence-corrected chi connectivity index (χ1v) is 7.20. The van der Waals surface area contributed by atoms with E-state index in [1.807, 2.05) is 0 Å². The average Bonchev–Trinajstić information content (AvgIpc) is 2.39. The number of carboxylic acid groups (broad SMARTS) is 1. The monoisotopic (exact) mass is 239 g/mol. The van der Waals surface area contributed by atoms with Crippen molar-refractivity contribution in [3.05, 3.63) is 0 Å². The van der Waals surface area contributed by atoms with Gasteiger partial charge in [0.15, 0.2) is 0 Å². The third kappa shape index (κ3) is 2.22. The molecule has 2 aliphatic rings. The Labute approximate surface area is 104 Å². The molecular weight excluding hydrogens is 214 g/mol. The number of carboxylic acids is 1. The molecule has 1 N–H and O–H groups in total. The second-order valence-corrected chi connectivity index (χ2v) is 5.63. The zero-order valence-electron chi connectivity index (χ0n) is 11.0. The second kappa shape index (κ2) is 5.38. The lowest BCUT2D eigenvalue weighted by Gasteiger charge is -2.49. The van der Waals surface area contributed by atoms with Gasteiger partial charge in [0.25, 0.3) is 0 Å². The summed E-state index contributed by atoms with van der Waals surface area (Å²) in [6.45, 7) is 4.13. The fourth-order valence-corrected chi connectivity index (χ4v) is 3.90. The van der Waals surface area contributed by atoms with E-state index in [-0.39, 0.29) is 0 Å². The standard InChI is InChI=1S/C14H25NO2/c1-2-12-8-4-5-9-14(12,13(16)17)15-10-6-3-7-11-15/h12H,2-11H2,1H3,(H,16,17). The Kier molecular flexibility index (Phi) is 4.08. The van der Waals surface area contributed by atoms with Gasteiger partial charge < -0.3 is 5.11 Å². The van der Waals surface area contributed by atoms with Gasteiger partial charge in [-0.1, -0.05) is 32.6 Å². The van der Waals surface area contributed by atoms with Crippen LogP contribution in [-0.2, 0) is 4.79 Å². The maximum absolute atomic E-state index is 11.9. The molecule has 0 bridgehead atoms. The highest BCUT2D eigenvalue weighted by molar-refractivity contribution is 5.79. The van der Waals surface area contributed by atoms with Crippen molar-refractivity contribution in [2.24, 2.45) is 5.92 Å². The van der Waals surface area contributed by atoms with Crippen molar-refractivity contribution in [2.45, 2.75) is 63.8 Å². The Balaban J connectivity index is 2.25. The summed E-state index contributed by atoms with van der Waals surface area (Å²) in [5, 5.41) is 9.80. The second-order valence-electron chi connectivity index (χ2n) is 5.63. The highest BCUT2D eigenvalue weighted by Gasteiger charge is 2.50. The molecule has 2 fully saturated rings. The summed E-state index contributed by atoms with van der Waals surface area (Å²) < 4.78 is 0. The molecule has 1 aliphatic heterocycles. The van der Waals surface area contributed by atoms with Crippen LogP contribution < -0.4 is 0 Å². The molecule has 2 rings (SSSR count). The molecule has 1 saturated heterocycles. The molecule has 98 valence electrons. The van der Waals surface area contributed by atoms with E-state index in [1.165, 1.54) is 25.7 Å². The van der Waals surface area contributed by atoms with Crippen molar-refractivity contribution in [2.75, 3.05) is 13.1 Å². The zero-order chi connectivity index (χ0) is 12.3. The molecule has 3 nitrogen and oxygen atoms in total. The number of rotatable bonds is 3. The molecular formula is C14H25NO2. The van der Waals surface area contributed by atoms with E-state index >= 15 is 0 Å². The van der Waals surface area contributed by atoms with Crippen LogP contribution in [-0.4, -0.2) is 34.6 Å². The lowest BCUT2D eigenvalue weighted by molar-refractivity contribution is -0.160. The summed E-state index contributed by atoms with van der Waals surface area (Å²) in [6.07, 6.45) is 8.86. The maximum Gasteiger partial charge on any atom is 0.324 e. The van der Waals surface area contributed by atoms with Gasteiger partial charge in [-0.3, -0.25) is 9.69 Å². The summed E-state index contributed by atoms with van der Waals surface area (Å²) in [5.41, 5.74) is -0.534. The van der Waals surface area contributed by atoms with E-state index in [0.29, 0.717) is 5.92 Å². The van der Waals surface area contributed by atoms with Gasteiger partial charge in [0, 0.05) is 0 Å². The molecule has 1 saturated carbocycles. The van der Waals surface area contributed by atoms with Crippen molar-refractivity contribution in [3.63, 3.8) is 0 Å². The summed E-state index contributed by atoms with van der Waals surface area (Å²) in [6, 6.07) is 0. The molecule has 0 spiro atoms. The fraction of sp³-hybridized carbons (Fsp3) is 0.929. The van der Waals surface area contributed by atoms with Crippen molar-refractivity contribution in [1.29, 1.82) is 0 Å². The zero-order valence-corrected chi connectivity index (χ0v) is 11.0. The summed E-state index contributed by atoms with van der Waals surface area (Å²) in [4.78, 5) is 14.2. The summed E-state index contributed by atoms with van der Waals surface area (Å²) in [5.74, 6) is -0.210. The Morgan fingerprint density at radius 3 is 2.53 bits per heavy atom. The van der Waals surface area contributed by atoms with E-state index < -0.39 is 11.5 Å². The minimum absolute atomic E-state index is 0.354. The Bertz CT molecular complexity index is 273. The number of piperidine rings is 1. The average molecular weight is 239 g/mol.